The minimum atomic E-state index is -1.86. The first kappa shape index (κ1) is 11.1. The van der Waals surface area contributed by atoms with Gasteiger partial charge in [0.2, 0.25) is 0 Å². The van der Waals surface area contributed by atoms with Crippen molar-refractivity contribution in [2.45, 2.75) is 19.5 Å². The minimum absolute atomic E-state index is 0.162. The number of hydrogen-bond acceptors (Lipinski definition) is 4. The van der Waals surface area contributed by atoms with Crippen LogP contribution in [0.3, 0.4) is 0 Å². The molecule has 0 atom stereocenters. The lowest BCUT2D eigenvalue weighted by Gasteiger charge is -2.06. The van der Waals surface area contributed by atoms with E-state index in [9.17, 15) is 20.2 Å². The molecule has 0 amide bonds. The van der Waals surface area contributed by atoms with Crippen LogP contribution in [0.4, 0.5) is 0 Å². The van der Waals surface area contributed by atoms with Gasteiger partial charge in [0.15, 0.2) is 0 Å². The molecule has 0 N–H and O–H groups in total. The Kier molecular flexibility index (Phi) is 3.33. The molecule has 80 valence electrons. The van der Waals surface area contributed by atoms with E-state index in [1.165, 1.54) is 6.07 Å². The van der Waals surface area contributed by atoms with E-state index >= 15 is 0 Å². The van der Waals surface area contributed by atoms with Gasteiger partial charge in [0.1, 0.15) is 15.4 Å². The molecule has 0 heterocycles. The Bertz CT molecular complexity index is 377. The first-order valence-corrected chi connectivity index (χ1v) is 4.42. The fourth-order valence-corrected chi connectivity index (χ4v) is 1.41. The molecule has 1 rings (SSSR count). The second kappa shape index (κ2) is 4.50. The fourth-order valence-electron chi connectivity index (χ4n) is 1.41. The average Bonchev–Trinajstić information content (AvgIpc) is 2.17. The lowest BCUT2D eigenvalue weighted by Crippen LogP contribution is -2.20. The van der Waals surface area contributed by atoms with Crippen LogP contribution in [0.5, 0.6) is 0 Å². The molecule has 0 aliphatic heterocycles. The largest absolute Gasteiger partial charge is 0.476 e. The van der Waals surface area contributed by atoms with Crippen molar-refractivity contribution in [2.24, 2.45) is 0 Å². The van der Waals surface area contributed by atoms with E-state index in [-0.39, 0.29) is 5.56 Å². The highest BCUT2D eigenvalue weighted by Crippen LogP contribution is 2.21. The molecule has 1 aromatic carbocycles. The summed E-state index contributed by atoms with van der Waals surface area (Å²) in [6, 6.07) is 6.36. The van der Waals surface area contributed by atoms with Gasteiger partial charge in [-0.2, -0.15) is 0 Å². The topological polar surface area (TPSA) is 86.3 Å². The average molecular weight is 210 g/mol. The van der Waals surface area contributed by atoms with Gasteiger partial charge in [-0.15, -0.1) is 0 Å². The lowest BCUT2D eigenvalue weighted by atomic mass is 10.0. The molecule has 0 saturated heterocycles. The molecule has 1 aromatic rings. The zero-order valence-corrected chi connectivity index (χ0v) is 8.12. The fraction of sp³-hybridized carbons (Fsp3) is 0.333. The summed E-state index contributed by atoms with van der Waals surface area (Å²) in [4.78, 5) is 19.4. The Morgan fingerprint density at radius 1 is 1.20 bits per heavy atom. The predicted molar refractivity (Wildman–Crippen MR) is 52.5 cm³/mol. The second-order valence-corrected chi connectivity index (χ2v) is 3.00. The summed E-state index contributed by atoms with van der Waals surface area (Å²) in [6.45, 7) is 1.80. The smallest absolute Gasteiger partial charge is 0.258 e. The molecular formula is C9H10N2O4. The van der Waals surface area contributed by atoms with E-state index in [1.807, 2.05) is 0 Å². The van der Waals surface area contributed by atoms with E-state index in [0.29, 0.717) is 12.0 Å². The van der Waals surface area contributed by atoms with Crippen molar-refractivity contribution >= 4 is 0 Å². The third-order valence-corrected chi connectivity index (χ3v) is 2.11. The first-order chi connectivity index (χ1) is 7.07. The minimum Gasteiger partial charge on any atom is -0.258 e. The summed E-state index contributed by atoms with van der Waals surface area (Å²) in [5.41, 5.74) is 0.797. The van der Waals surface area contributed by atoms with Gasteiger partial charge in [-0.25, -0.2) is 0 Å². The van der Waals surface area contributed by atoms with E-state index in [0.717, 1.165) is 0 Å². The third-order valence-electron chi connectivity index (χ3n) is 2.11. The molecule has 0 spiro atoms. The predicted octanol–water partition coefficient (Wildman–Crippen LogP) is 1.80. The van der Waals surface area contributed by atoms with Crippen molar-refractivity contribution in [3.8, 4) is 0 Å². The van der Waals surface area contributed by atoms with Crippen LogP contribution in [-0.2, 0) is 6.42 Å². The Morgan fingerprint density at radius 2 is 1.73 bits per heavy atom. The normalized spacial score (nSPS) is 10.3. The molecule has 0 saturated carbocycles. The highest BCUT2D eigenvalue weighted by molar-refractivity contribution is 5.27. The Balaban J connectivity index is 3.22. The number of nitro groups is 2. The Morgan fingerprint density at radius 3 is 2.20 bits per heavy atom. The maximum absolute atomic E-state index is 10.6. The highest BCUT2D eigenvalue weighted by atomic mass is 16.7. The van der Waals surface area contributed by atoms with Crippen molar-refractivity contribution in [1.82, 2.24) is 0 Å². The first-order valence-electron chi connectivity index (χ1n) is 4.42. The molecule has 0 fully saturated rings. The van der Waals surface area contributed by atoms with Gasteiger partial charge in [-0.3, -0.25) is 20.2 Å². The van der Waals surface area contributed by atoms with Gasteiger partial charge in [0.05, 0.1) is 0 Å². The van der Waals surface area contributed by atoms with Crippen molar-refractivity contribution < 1.29 is 9.85 Å². The van der Waals surface area contributed by atoms with Crippen LogP contribution in [0.2, 0.25) is 0 Å². The van der Waals surface area contributed by atoms with Crippen LogP contribution < -0.4 is 0 Å². The number of aryl methyl sites for hydroxylation is 1. The standard InChI is InChI=1S/C9H10N2O4/c1-2-7-5-3-4-6-8(7)9(10(12)13)11(14)15/h3-6,9H,2H2,1H3. The lowest BCUT2D eigenvalue weighted by molar-refractivity contribution is -0.752. The summed E-state index contributed by atoms with van der Waals surface area (Å²) in [5.74, 6) is 0. The van der Waals surface area contributed by atoms with Crippen LogP contribution in [-0.4, -0.2) is 9.85 Å². The SMILES string of the molecule is CCc1ccccc1C([N+](=O)[O-])[N+](=O)[O-]. The zero-order valence-electron chi connectivity index (χ0n) is 8.12. The summed E-state index contributed by atoms with van der Waals surface area (Å²) in [7, 11) is 0. The summed E-state index contributed by atoms with van der Waals surface area (Å²) < 4.78 is 0. The molecule has 0 aromatic heterocycles. The van der Waals surface area contributed by atoms with Gasteiger partial charge >= 0.3 is 6.17 Å². The van der Waals surface area contributed by atoms with E-state index in [1.54, 1.807) is 25.1 Å². The molecule has 6 nitrogen and oxygen atoms in total. The highest BCUT2D eigenvalue weighted by Gasteiger charge is 2.36. The van der Waals surface area contributed by atoms with E-state index < -0.39 is 16.0 Å². The van der Waals surface area contributed by atoms with Crippen LogP contribution in [0.1, 0.15) is 24.2 Å². The maximum Gasteiger partial charge on any atom is 0.476 e. The van der Waals surface area contributed by atoms with Gasteiger partial charge in [0, 0.05) is 0 Å². The number of hydrogen-bond donors (Lipinski definition) is 0. The van der Waals surface area contributed by atoms with Crippen LogP contribution in [0.25, 0.3) is 0 Å². The van der Waals surface area contributed by atoms with Crippen molar-refractivity contribution in [2.75, 3.05) is 0 Å². The summed E-state index contributed by atoms with van der Waals surface area (Å²) >= 11 is 0. The summed E-state index contributed by atoms with van der Waals surface area (Å²) in [6.07, 6.45) is -1.32. The monoisotopic (exact) mass is 210 g/mol. The molecular weight excluding hydrogens is 200 g/mol. The van der Waals surface area contributed by atoms with E-state index in [4.69, 9.17) is 0 Å². The third kappa shape index (κ3) is 2.28. The number of benzene rings is 1. The van der Waals surface area contributed by atoms with Crippen LogP contribution >= 0.6 is 0 Å². The van der Waals surface area contributed by atoms with Gasteiger partial charge < -0.3 is 0 Å². The van der Waals surface area contributed by atoms with Crippen molar-refractivity contribution in [1.29, 1.82) is 0 Å². The molecule has 0 radical (unpaired) electrons. The van der Waals surface area contributed by atoms with Gasteiger partial charge in [0.25, 0.3) is 0 Å². The van der Waals surface area contributed by atoms with E-state index in [2.05, 4.69) is 0 Å². The second-order valence-electron chi connectivity index (χ2n) is 3.00. The van der Waals surface area contributed by atoms with Gasteiger partial charge in [-0.1, -0.05) is 25.1 Å². The van der Waals surface area contributed by atoms with Crippen molar-refractivity contribution in [3.05, 3.63) is 55.6 Å². The van der Waals surface area contributed by atoms with Crippen LogP contribution in [0, 0.1) is 20.2 Å². The molecule has 0 aliphatic rings. The zero-order chi connectivity index (χ0) is 11.4. The quantitative estimate of drug-likeness (QED) is 0.430. The molecule has 0 unspecified atom stereocenters. The van der Waals surface area contributed by atoms with Crippen LogP contribution in [0.15, 0.2) is 24.3 Å². The number of rotatable bonds is 4. The molecule has 0 aliphatic carbocycles. The molecule has 0 bridgehead atoms. The van der Waals surface area contributed by atoms with Crippen molar-refractivity contribution in [3.63, 3.8) is 0 Å². The summed E-state index contributed by atoms with van der Waals surface area (Å²) in [5, 5.41) is 21.1. The van der Waals surface area contributed by atoms with Gasteiger partial charge in [-0.05, 0) is 18.1 Å². The maximum atomic E-state index is 10.6. The Hall–Kier alpha value is -1.98. The molecule has 6 heteroatoms. The Labute approximate surface area is 85.8 Å². The number of nitrogens with zero attached hydrogens (tertiary/aromatic N) is 2. The molecule has 15 heavy (non-hydrogen) atoms.